The molecule has 1 aromatic heterocycles. The molecule has 1 aliphatic heterocycles. The summed E-state index contributed by atoms with van der Waals surface area (Å²) in [6.45, 7) is 12.5. The number of nitrogens with one attached hydrogen (secondary N) is 3. The van der Waals surface area contributed by atoms with Gasteiger partial charge in [-0.3, -0.25) is 9.89 Å². The standard InChI is InChI=1S/C22H35N5O/c1-16-13-27(14-17(2)28-16)22(3,4)15-26-21(23-5)24-11-10-18-12-25-20-9-7-6-8-19(18)20/h6-9,12,16-17,25H,10-11,13-15H2,1-5H3,(H2,23,24,26). The lowest BCUT2D eigenvalue weighted by Crippen LogP contribution is -2.59. The van der Waals surface area contributed by atoms with E-state index < -0.39 is 0 Å². The maximum Gasteiger partial charge on any atom is 0.191 e. The number of hydrogen-bond donors (Lipinski definition) is 3. The first-order chi connectivity index (χ1) is 13.4. The molecule has 2 aromatic rings. The topological polar surface area (TPSA) is 64.7 Å². The number of H-pyrrole nitrogens is 1. The molecular formula is C22H35N5O. The van der Waals surface area contributed by atoms with Crippen LogP contribution in [0.3, 0.4) is 0 Å². The van der Waals surface area contributed by atoms with Gasteiger partial charge in [0.15, 0.2) is 5.96 Å². The molecule has 1 aromatic carbocycles. The summed E-state index contributed by atoms with van der Waals surface area (Å²) in [6.07, 6.45) is 3.60. The van der Waals surface area contributed by atoms with E-state index in [2.05, 4.69) is 83.7 Å². The molecule has 1 aliphatic rings. The van der Waals surface area contributed by atoms with Gasteiger partial charge in [-0.05, 0) is 45.7 Å². The number of aliphatic imine (C=N–C) groups is 1. The van der Waals surface area contributed by atoms with Crippen LogP contribution in [0.15, 0.2) is 35.5 Å². The lowest BCUT2D eigenvalue weighted by molar-refractivity contribution is -0.0946. The van der Waals surface area contributed by atoms with E-state index in [1.807, 2.05) is 7.05 Å². The Bertz CT molecular complexity index is 787. The van der Waals surface area contributed by atoms with Crippen LogP contribution in [-0.4, -0.2) is 66.8 Å². The summed E-state index contributed by atoms with van der Waals surface area (Å²) in [7, 11) is 1.83. The minimum absolute atomic E-state index is 0.0285. The molecule has 0 spiro atoms. The van der Waals surface area contributed by atoms with Gasteiger partial charge in [0.05, 0.1) is 12.2 Å². The van der Waals surface area contributed by atoms with Crippen molar-refractivity contribution in [2.75, 3.05) is 33.2 Å². The highest BCUT2D eigenvalue weighted by molar-refractivity contribution is 5.83. The van der Waals surface area contributed by atoms with Crippen LogP contribution in [0.5, 0.6) is 0 Å². The molecule has 154 valence electrons. The number of hydrogen-bond acceptors (Lipinski definition) is 3. The second-order valence-corrected chi connectivity index (χ2v) is 8.44. The van der Waals surface area contributed by atoms with Crippen LogP contribution < -0.4 is 10.6 Å². The minimum Gasteiger partial charge on any atom is -0.373 e. The SMILES string of the molecule is CN=C(NCCc1c[nH]c2ccccc12)NCC(C)(C)N1CC(C)OC(C)C1. The first kappa shape index (κ1) is 20.7. The zero-order valence-corrected chi connectivity index (χ0v) is 17.9. The summed E-state index contributed by atoms with van der Waals surface area (Å²) in [5, 5.41) is 8.25. The van der Waals surface area contributed by atoms with Crippen molar-refractivity contribution in [3.8, 4) is 0 Å². The Balaban J connectivity index is 1.49. The van der Waals surface area contributed by atoms with Crippen LogP contribution in [0.2, 0.25) is 0 Å². The summed E-state index contributed by atoms with van der Waals surface area (Å²) >= 11 is 0. The predicted molar refractivity (Wildman–Crippen MR) is 117 cm³/mol. The number of morpholine rings is 1. The van der Waals surface area contributed by atoms with Crippen molar-refractivity contribution in [1.29, 1.82) is 0 Å². The van der Waals surface area contributed by atoms with Crippen molar-refractivity contribution >= 4 is 16.9 Å². The highest BCUT2D eigenvalue weighted by atomic mass is 16.5. The van der Waals surface area contributed by atoms with Gasteiger partial charge in [-0.15, -0.1) is 0 Å². The third-order valence-electron chi connectivity index (χ3n) is 5.55. The molecule has 1 saturated heterocycles. The summed E-state index contributed by atoms with van der Waals surface area (Å²) in [6, 6.07) is 8.43. The van der Waals surface area contributed by atoms with E-state index >= 15 is 0 Å². The zero-order chi connectivity index (χ0) is 20.1. The lowest BCUT2D eigenvalue weighted by Gasteiger charge is -2.45. The summed E-state index contributed by atoms with van der Waals surface area (Å²) in [5.41, 5.74) is 2.55. The number of benzene rings is 1. The molecule has 2 heterocycles. The molecule has 0 amide bonds. The number of nitrogens with zero attached hydrogens (tertiary/aromatic N) is 2. The fourth-order valence-corrected chi connectivity index (χ4v) is 3.96. The minimum atomic E-state index is 0.0285. The first-order valence-electron chi connectivity index (χ1n) is 10.3. The van der Waals surface area contributed by atoms with E-state index in [4.69, 9.17) is 4.74 Å². The normalized spacial score (nSPS) is 21.8. The van der Waals surface area contributed by atoms with Gasteiger partial charge in [0, 0.05) is 55.9 Å². The summed E-state index contributed by atoms with van der Waals surface area (Å²) in [5.74, 6) is 0.849. The van der Waals surface area contributed by atoms with E-state index in [1.165, 1.54) is 16.5 Å². The highest BCUT2D eigenvalue weighted by Gasteiger charge is 2.33. The molecule has 28 heavy (non-hydrogen) atoms. The van der Waals surface area contributed by atoms with Crippen LogP contribution in [0, 0.1) is 0 Å². The van der Waals surface area contributed by atoms with Gasteiger partial charge in [0.1, 0.15) is 0 Å². The Kier molecular flexibility index (Phi) is 6.62. The molecule has 3 rings (SSSR count). The first-order valence-corrected chi connectivity index (χ1v) is 10.3. The second-order valence-electron chi connectivity index (χ2n) is 8.44. The van der Waals surface area contributed by atoms with Crippen LogP contribution in [0.25, 0.3) is 10.9 Å². The predicted octanol–water partition coefficient (Wildman–Crippen LogP) is 2.76. The van der Waals surface area contributed by atoms with Crippen molar-refractivity contribution in [2.45, 2.75) is 51.9 Å². The van der Waals surface area contributed by atoms with Crippen LogP contribution >= 0.6 is 0 Å². The lowest BCUT2D eigenvalue weighted by atomic mass is 10.00. The molecule has 2 atom stereocenters. The molecular weight excluding hydrogens is 350 g/mol. The fourth-order valence-electron chi connectivity index (χ4n) is 3.96. The van der Waals surface area contributed by atoms with E-state index in [-0.39, 0.29) is 17.7 Å². The monoisotopic (exact) mass is 385 g/mol. The maximum atomic E-state index is 5.88. The van der Waals surface area contributed by atoms with Gasteiger partial charge in [-0.2, -0.15) is 0 Å². The molecule has 2 unspecified atom stereocenters. The molecule has 0 saturated carbocycles. The number of rotatable bonds is 6. The van der Waals surface area contributed by atoms with E-state index in [9.17, 15) is 0 Å². The Morgan fingerprint density at radius 3 is 2.64 bits per heavy atom. The Morgan fingerprint density at radius 1 is 1.21 bits per heavy atom. The number of aromatic nitrogens is 1. The quantitative estimate of drug-likeness (QED) is 0.528. The summed E-state index contributed by atoms with van der Waals surface area (Å²) in [4.78, 5) is 10.2. The van der Waals surface area contributed by atoms with Crippen LogP contribution in [-0.2, 0) is 11.2 Å². The highest BCUT2D eigenvalue weighted by Crippen LogP contribution is 2.21. The average molecular weight is 386 g/mol. The third-order valence-corrected chi connectivity index (χ3v) is 5.55. The molecule has 6 heteroatoms. The van der Waals surface area contributed by atoms with Crippen molar-refractivity contribution in [3.63, 3.8) is 0 Å². The van der Waals surface area contributed by atoms with Crippen LogP contribution in [0.1, 0.15) is 33.3 Å². The second kappa shape index (κ2) is 8.97. The van der Waals surface area contributed by atoms with Gasteiger partial charge in [-0.1, -0.05) is 18.2 Å². The Labute approximate surface area is 168 Å². The van der Waals surface area contributed by atoms with E-state index in [1.54, 1.807) is 0 Å². The van der Waals surface area contributed by atoms with Gasteiger partial charge in [0.25, 0.3) is 0 Å². The number of guanidine groups is 1. The number of aromatic amines is 1. The zero-order valence-electron chi connectivity index (χ0n) is 17.9. The van der Waals surface area contributed by atoms with Crippen molar-refractivity contribution in [3.05, 3.63) is 36.0 Å². The van der Waals surface area contributed by atoms with E-state index in [0.717, 1.165) is 38.6 Å². The summed E-state index contributed by atoms with van der Waals surface area (Å²) < 4.78 is 5.88. The molecule has 0 radical (unpaired) electrons. The Morgan fingerprint density at radius 2 is 1.93 bits per heavy atom. The molecule has 0 aliphatic carbocycles. The van der Waals surface area contributed by atoms with E-state index in [0.29, 0.717) is 0 Å². The van der Waals surface area contributed by atoms with Gasteiger partial charge in [-0.25, -0.2) is 0 Å². The number of para-hydroxylation sites is 1. The Hall–Kier alpha value is -2.05. The van der Waals surface area contributed by atoms with Gasteiger partial charge in [0.2, 0.25) is 0 Å². The van der Waals surface area contributed by atoms with Crippen molar-refractivity contribution in [1.82, 2.24) is 20.5 Å². The maximum absolute atomic E-state index is 5.88. The van der Waals surface area contributed by atoms with Gasteiger partial charge < -0.3 is 20.4 Å². The van der Waals surface area contributed by atoms with Crippen molar-refractivity contribution in [2.24, 2.45) is 4.99 Å². The van der Waals surface area contributed by atoms with Gasteiger partial charge >= 0.3 is 0 Å². The van der Waals surface area contributed by atoms with Crippen LogP contribution in [0.4, 0.5) is 0 Å². The van der Waals surface area contributed by atoms with Crippen molar-refractivity contribution < 1.29 is 4.74 Å². The molecule has 1 fully saturated rings. The molecule has 3 N–H and O–H groups in total. The molecule has 0 bridgehead atoms. The number of fused-ring (bicyclic) bond motifs is 1. The number of ether oxygens (including phenoxy) is 1. The fraction of sp³-hybridized carbons (Fsp3) is 0.591. The largest absolute Gasteiger partial charge is 0.373 e. The average Bonchev–Trinajstić information content (AvgIpc) is 3.07. The smallest absolute Gasteiger partial charge is 0.191 e. The molecule has 6 nitrogen and oxygen atoms in total. The third kappa shape index (κ3) is 5.06.